The van der Waals surface area contributed by atoms with Gasteiger partial charge in [0.15, 0.2) is 4.86 Å². The minimum Gasteiger partial charge on any atom is -0.481 e. The first-order valence-corrected chi connectivity index (χ1v) is 4.51. The van der Waals surface area contributed by atoms with Gasteiger partial charge in [-0.05, 0) is 0 Å². The summed E-state index contributed by atoms with van der Waals surface area (Å²) in [6, 6.07) is 0. The van der Waals surface area contributed by atoms with Crippen molar-refractivity contribution in [2.75, 3.05) is 6.61 Å². The number of carbonyl (C=O) groups is 2. The van der Waals surface area contributed by atoms with Crippen LogP contribution in [0.1, 0.15) is 6.42 Å². The third-order valence-electron chi connectivity index (χ3n) is 1.07. The lowest BCUT2D eigenvalue weighted by molar-refractivity contribution is -0.138. The van der Waals surface area contributed by atoms with Crippen molar-refractivity contribution in [2.24, 2.45) is 0 Å². The molecule has 6 nitrogen and oxygen atoms in total. The summed E-state index contributed by atoms with van der Waals surface area (Å²) < 4.78 is 25.2. The van der Waals surface area contributed by atoms with E-state index in [1.807, 2.05) is 0 Å². The van der Waals surface area contributed by atoms with Gasteiger partial charge in [-0.1, -0.05) is 12.7 Å². The van der Waals surface area contributed by atoms with Gasteiger partial charge in [-0.15, -0.1) is 0 Å². The summed E-state index contributed by atoms with van der Waals surface area (Å²) in [5.74, 6) is -2.58. The van der Waals surface area contributed by atoms with E-state index < -0.39 is 33.5 Å². The van der Waals surface area contributed by atoms with E-state index in [1.165, 1.54) is 6.08 Å². The summed E-state index contributed by atoms with van der Waals surface area (Å²) in [4.78, 5) is 20.3. The highest BCUT2D eigenvalue weighted by Crippen LogP contribution is 1.90. The topological polar surface area (TPSA) is 97.7 Å². The van der Waals surface area contributed by atoms with Crippen molar-refractivity contribution < 1.29 is 27.9 Å². The fraction of sp³-hybridized carbons (Fsp3) is 0.286. The lowest BCUT2D eigenvalue weighted by Gasteiger charge is -1.99. The number of aliphatic carboxylic acids is 1. The maximum Gasteiger partial charge on any atom is 0.350 e. The standard InChI is InChI=1S/C7H8O6S/c1-2-3-13-7(10)5(14(11)12)4-6(8)9/h2H,1,3-4H2,(H,8,9). The van der Waals surface area contributed by atoms with Crippen LogP contribution in [0.25, 0.3) is 0 Å². The molecule has 0 heterocycles. The Hall–Kier alpha value is -1.63. The summed E-state index contributed by atoms with van der Waals surface area (Å²) in [5, 5.41) is 8.28. The Kier molecular flexibility index (Phi) is 5.23. The van der Waals surface area contributed by atoms with Crippen LogP contribution in [0.3, 0.4) is 0 Å². The van der Waals surface area contributed by atoms with Gasteiger partial charge in [-0.25, -0.2) is 4.79 Å². The molecular weight excluding hydrogens is 212 g/mol. The summed E-state index contributed by atoms with van der Waals surface area (Å²) in [6.45, 7) is 3.07. The van der Waals surface area contributed by atoms with Crippen molar-refractivity contribution in [1.82, 2.24) is 0 Å². The van der Waals surface area contributed by atoms with E-state index in [1.54, 1.807) is 0 Å². The Morgan fingerprint density at radius 3 is 2.36 bits per heavy atom. The number of hydrogen-bond donors (Lipinski definition) is 1. The van der Waals surface area contributed by atoms with Gasteiger partial charge in [0.1, 0.15) is 6.61 Å². The second-order valence-electron chi connectivity index (χ2n) is 2.12. The molecule has 0 radical (unpaired) electrons. The molecule has 0 spiro atoms. The van der Waals surface area contributed by atoms with E-state index in [0.29, 0.717) is 0 Å². The average molecular weight is 220 g/mol. The monoisotopic (exact) mass is 220 g/mol. The third-order valence-corrected chi connectivity index (χ3v) is 1.79. The Balaban J connectivity index is 4.70. The maximum absolute atomic E-state index is 10.9. The van der Waals surface area contributed by atoms with Crippen LogP contribution in [0.15, 0.2) is 12.7 Å². The second-order valence-corrected chi connectivity index (χ2v) is 3.08. The van der Waals surface area contributed by atoms with Gasteiger partial charge in [-0.2, -0.15) is 8.42 Å². The van der Waals surface area contributed by atoms with Gasteiger partial charge < -0.3 is 9.84 Å². The Morgan fingerprint density at radius 1 is 1.43 bits per heavy atom. The van der Waals surface area contributed by atoms with Gasteiger partial charge in [-0.3, -0.25) is 4.79 Å². The maximum atomic E-state index is 10.9. The highest BCUT2D eigenvalue weighted by Gasteiger charge is 2.18. The van der Waals surface area contributed by atoms with E-state index in [0.717, 1.165) is 0 Å². The van der Waals surface area contributed by atoms with E-state index in [-0.39, 0.29) is 6.61 Å². The van der Waals surface area contributed by atoms with Crippen LogP contribution >= 0.6 is 0 Å². The van der Waals surface area contributed by atoms with Crippen LogP contribution in [0, 0.1) is 0 Å². The minimum absolute atomic E-state index is 0.168. The number of carbonyl (C=O) groups excluding carboxylic acids is 1. The molecule has 0 amide bonds. The zero-order valence-corrected chi connectivity index (χ0v) is 7.91. The molecule has 0 fully saturated rings. The molecule has 0 aliphatic rings. The Bertz CT molecular complexity index is 369. The van der Waals surface area contributed by atoms with E-state index in [2.05, 4.69) is 11.3 Å². The largest absolute Gasteiger partial charge is 0.481 e. The van der Waals surface area contributed by atoms with Crippen molar-refractivity contribution in [3.63, 3.8) is 0 Å². The predicted molar refractivity (Wildman–Crippen MR) is 47.3 cm³/mol. The molecule has 7 heteroatoms. The lowest BCUT2D eigenvalue weighted by atomic mass is 10.3. The molecule has 0 saturated carbocycles. The Labute approximate surface area is 81.3 Å². The molecule has 0 aromatic heterocycles. The molecule has 14 heavy (non-hydrogen) atoms. The van der Waals surface area contributed by atoms with Crippen LogP contribution in [-0.2, 0) is 24.6 Å². The number of esters is 1. The molecule has 0 aliphatic carbocycles. The summed E-state index contributed by atoms with van der Waals surface area (Å²) >= 11 is 0. The normalized spacial score (nSPS) is 8.86. The minimum atomic E-state index is -2.88. The van der Waals surface area contributed by atoms with E-state index in [9.17, 15) is 18.0 Å². The molecule has 0 saturated heterocycles. The highest BCUT2D eigenvalue weighted by atomic mass is 32.2. The third kappa shape index (κ3) is 4.41. The van der Waals surface area contributed by atoms with Gasteiger partial charge in [0.25, 0.3) is 0 Å². The van der Waals surface area contributed by atoms with Crippen molar-refractivity contribution in [2.45, 2.75) is 6.42 Å². The second kappa shape index (κ2) is 5.92. The summed E-state index contributed by atoms with van der Waals surface area (Å²) in [5.41, 5.74) is 0. The molecule has 0 bridgehead atoms. The van der Waals surface area contributed by atoms with Crippen LogP contribution in [0.4, 0.5) is 0 Å². The first kappa shape index (κ1) is 12.4. The highest BCUT2D eigenvalue weighted by molar-refractivity contribution is 7.74. The Morgan fingerprint density at radius 2 is 2.00 bits per heavy atom. The fourth-order valence-corrected chi connectivity index (χ4v) is 0.988. The summed E-state index contributed by atoms with van der Waals surface area (Å²) in [7, 11) is -2.88. The number of carboxylic acid groups (broad SMARTS) is 1. The number of hydrogen-bond acceptors (Lipinski definition) is 5. The average Bonchev–Trinajstić information content (AvgIpc) is 2.09. The van der Waals surface area contributed by atoms with Gasteiger partial charge in [0.05, 0.1) is 6.42 Å². The number of carboxylic acids is 1. The van der Waals surface area contributed by atoms with Crippen molar-refractivity contribution in [1.29, 1.82) is 0 Å². The van der Waals surface area contributed by atoms with Crippen LogP contribution < -0.4 is 0 Å². The van der Waals surface area contributed by atoms with Crippen LogP contribution in [0.2, 0.25) is 0 Å². The molecule has 0 unspecified atom stereocenters. The predicted octanol–water partition coefficient (Wildman–Crippen LogP) is -0.758. The van der Waals surface area contributed by atoms with Crippen molar-refractivity contribution in [3.05, 3.63) is 12.7 Å². The number of rotatable bonds is 5. The molecule has 0 atom stereocenters. The van der Waals surface area contributed by atoms with Gasteiger partial charge in [0.2, 0.25) is 10.3 Å². The molecule has 0 aromatic carbocycles. The van der Waals surface area contributed by atoms with Gasteiger partial charge in [0, 0.05) is 0 Å². The van der Waals surface area contributed by atoms with Crippen molar-refractivity contribution in [3.8, 4) is 0 Å². The van der Waals surface area contributed by atoms with Crippen LogP contribution in [0.5, 0.6) is 0 Å². The molecule has 78 valence electrons. The molecule has 0 aliphatic heterocycles. The molecule has 0 aromatic rings. The first-order valence-electron chi connectivity index (χ1n) is 3.44. The molecular formula is C7H8O6S. The SMILES string of the molecule is C=CCOC(=O)C(CC(=O)O)=S(=O)=O. The molecule has 1 N–H and O–H groups in total. The van der Waals surface area contributed by atoms with Gasteiger partial charge >= 0.3 is 11.9 Å². The van der Waals surface area contributed by atoms with Crippen LogP contribution in [-0.4, -0.2) is 36.9 Å². The van der Waals surface area contributed by atoms with E-state index >= 15 is 0 Å². The quantitative estimate of drug-likeness (QED) is 0.371. The van der Waals surface area contributed by atoms with E-state index in [4.69, 9.17) is 5.11 Å². The zero-order chi connectivity index (χ0) is 11.1. The fourth-order valence-electron chi connectivity index (χ4n) is 0.552. The smallest absolute Gasteiger partial charge is 0.350 e. The first-order chi connectivity index (χ1) is 6.49. The van der Waals surface area contributed by atoms with Crippen molar-refractivity contribution >= 4 is 27.1 Å². The molecule has 0 rings (SSSR count). The summed E-state index contributed by atoms with van der Waals surface area (Å²) in [6.07, 6.45) is 0.357. The zero-order valence-electron chi connectivity index (χ0n) is 7.10. The number of ether oxygens (including phenoxy) is 1. The lowest BCUT2D eigenvalue weighted by Crippen LogP contribution is -2.21.